The predicted molar refractivity (Wildman–Crippen MR) is 191 cm³/mol. The van der Waals surface area contributed by atoms with Crippen molar-refractivity contribution >= 4 is 21.8 Å². The molecule has 11 heteroatoms. The number of nitriles is 1. The first-order valence-corrected chi connectivity index (χ1v) is 16.2. The van der Waals surface area contributed by atoms with Crippen LogP contribution in [0, 0.1) is 11.3 Å². The van der Waals surface area contributed by atoms with Crippen LogP contribution in [0.15, 0.2) is 140 Å². The lowest BCUT2D eigenvalue weighted by atomic mass is 9.96. The summed E-state index contributed by atoms with van der Waals surface area (Å²) in [7, 11) is 0. The van der Waals surface area contributed by atoms with Gasteiger partial charge in [0.25, 0.3) is 0 Å². The number of nitrogens with zero attached hydrogens (tertiary/aromatic N) is 5. The van der Waals surface area contributed by atoms with Crippen molar-refractivity contribution < 1.29 is 26.3 Å². The Labute approximate surface area is 298 Å². The molecule has 0 amide bonds. The molecule has 0 unspecified atom stereocenters. The van der Waals surface area contributed by atoms with E-state index in [9.17, 15) is 31.6 Å². The van der Waals surface area contributed by atoms with E-state index in [-0.39, 0.29) is 28.7 Å². The van der Waals surface area contributed by atoms with Crippen LogP contribution in [0.2, 0.25) is 0 Å². The molecule has 0 spiro atoms. The van der Waals surface area contributed by atoms with Crippen LogP contribution in [0.5, 0.6) is 0 Å². The highest BCUT2D eigenvalue weighted by Crippen LogP contribution is 2.43. The molecule has 6 aromatic carbocycles. The zero-order valence-electron chi connectivity index (χ0n) is 27.3. The Balaban J connectivity index is 1.46. The van der Waals surface area contributed by atoms with Crippen LogP contribution in [-0.2, 0) is 12.4 Å². The molecule has 53 heavy (non-hydrogen) atoms. The van der Waals surface area contributed by atoms with Gasteiger partial charge in [0, 0.05) is 33.0 Å². The first-order chi connectivity index (χ1) is 25.5. The van der Waals surface area contributed by atoms with Crippen molar-refractivity contribution in [1.82, 2.24) is 19.5 Å². The Morgan fingerprint density at radius 2 is 1.00 bits per heavy atom. The third-order valence-corrected chi connectivity index (χ3v) is 8.90. The molecule has 0 aliphatic heterocycles. The summed E-state index contributed by atoms with van der Waals surface area (Å²) in [6.45, 7) is 0. The van der Waals surface area contributed by atoms with Gasteiger partial charge in [-0.3, -0.25) is 0 Å². The fraction of sp³-hybridized carbons (Fsp3) is 0.0476. The molecule has 0 radical (unpaired) electrons. The predicted octanol–water partition coefficient (Wildman–Crippen LogP) is 11.5. The van der Waals surface area contributed by atoms with Crippen molar-refractivity contribution in [3.05, 3.63) is 156 Å². The van der Waals surface area contributed by atoms with Crippen molar-refractivity contribution in [1.29, 1.82) is 5.26 Å². The number of aromatic nitrogens is 4. The van der Waals surface area contributed by atoms with Crippen molar-refractivity contribution in [2.24, 2.45) is 0 Å². The monoisotopic (exact) mass is 711 g/mol. The molecule has 0 fully saturated rings. The van der Waals surface area contributed by atoms with Gasteiger partial charge in [0.1, 0.15) is 0 Å². The van der Waals surface area contributed by atoms with E-state index in [0.29, 0.717) is 57.1 Å². The molecule has 2 aromatic heterocycles. The Morgan fingerprint density at radius 3 is 1.57 bits per heavy atom. The van der Waals surface area contributed by atoms with Crippen LogP contribution < -0.4 is 0 Å². The number of para-hydroxylation sites is 1. The van der Waals surface area contributed by atoms with E-state index in [1.54, 1.807) is 47.0 Å². The fourth-order valence-electron chi connectivity index (χ4n) is 6.45. The van der Waals surface area contributed by atoms with E-state index < -0.39 is 23.5 Å². The maximum atomic E-state index is 14.1. The molecule has 0 saturated carbocycles. The summed E-state index contributed by atoms with van der Waals surface area (Å²) in [5.41, 5.74) is 0.438. The lowest BCUT2D eigenvalue weighted by Gasteiger charge is -2.19. The first-order valence-electron chi connectivity index (χ1n) is 16.2. The summed E-state index contributed by atoms with van der Waals surface area (Å²) in [5.74, 6) is 0.954. The smallest absolute Gasteiger partial charge is 0.309 e. The molecule has 0 aliphatic rings. The van der Waals surface area contributed by atoms with E-state index in [1.807, 2.05) is 72.8 Å². The van der Waals surface area contributed by atoms with Gasteiger partial charge in [-0.15, -0.1) is 0 Å². The summed E-state index contributed by atoms with van der Waals surface area (Å²) in [4.78, 5) is 14.3. The minimum absolute atomic E-state index is 0.0796. The van der Waals surface area contributed by atoms with Gasteiger partial charge in [-0.05, 0) is 48.0 Å². The molecule has 8 rings (SSSR count). The van der Waals surface area contributed by atoms with Gasteiger partial charge in [-0.2, -0.15) is 31.6 Å². The molecule has 0 bridgehead atoms. The Bertz CT molecular complexity index is 2620. The molecular weight excluding hydrogens is 688 g/mol. The number of alkyl halides is 6. The molecule has 0 atom stereocenters. The van der Waals surface area contributed by atoms with Gasteiger partial charge in [0.2, 0.25) is 0 Å². The number of benzene rings is 6. The zero-order chi connectivity index (χ0) is 36.9. The van der Waals surface area contributed by atoms with Gasteiger partial charge in [0.05, 0.1) is 39.5 Å². The van der Waals surface area contributed by atoms with E-state index in [0.717, 1.165) is 10.8 Å². The van der Waals surface area contributed by atoms with Crippen LogP contribution in [0.4, 0.5) is 26.3 Å². The SMILES string of the molecule is N#Cc1ccc2c3ccccc3n(-c3cc(-c4nc(-c5ccccc5)nc(-c5ccccc5)n4)ccc3-c3cc(C(F)(F)F)cc(C(F)(F)F)c3)c2c1. The standard InChI is InChI=1S/C42H23F6N5/c43-41(44,45)30-20-29(21-31(23-30)42(46,47)48)32-18-16-28(22-37(32)53-35-14-8-7-13-33(35)34-17-15-25(24-49)19-36(34)53)40-51-38(26-9-3-1-4-10-26)50-39(52-40)27-11-5-2-6-12-27/h1-23H. The number of halogens is 6. The second-order valence-corrected chi connectivity index (χ2v) is 12.3. The molecule has 258 valence electrons. The highest BCUT2D eigenvalue weighted by molar-refractivity contribution is 6.10. The van der Waals surface area contributed by atoms with Crippen molar-refractivity contribution in [3.63, 3.8) is 0 Å². The highest BCUT2D eigenvalue weighted by Gasteiger charge is 2.37. The van der Waals surface area contributed by atoms with Gasteiger partial charge in [0.15, 0.2) is 17.5 Å². The highest BCUT2D eigenvalue weighted by atomic mass is 19.4. The molecule has 2 heterocycles. The lowest BCUT2D eigenvalue weighted by molar-refractivity contribution is -0.143. The normalized spacial score (nSPS) is 11.9. The summed E-state index contributed by atoms with van der Waals surface area (Å²) >= 11 is 0. The summed E-state index contributed by atoms with van der Waals surface area (Å²) in [6.07, 6.45) is -10.1. The fourth-order valence-corrected chi connectivity index (χ4v) is 6.45. The lowest BCUT2D eigenvalue weighted by Crippen LogP contribution is -2.11. The first kappa shape index (κ1) is 33.3. The van der Waals surface area contributed by atoms with Gasteiger partial charge >= 0.3 is 12.4 Å². The largest absolute Gasteiger partial charge is 0.416 e. The summed E-state index contributed by atoms with van der Waals surface area (Å²) in [6, 6.07) is 39.2. The van der Waals surface area contributed by atoms with E-state index >= 15 is 0 Å². The minimum Gasteiger partial charge on any atom is -0.309 e. The number of hydrogen-bond donors (Lipinski definition) is 0. The van der Waals surface area contributed by atoms with Crippen LogP contribution in [0.25, 0.3) is 72.8 Å². The molecule has 8 aromatic rings. The average Bonchev–Trinajstić information content (AvgIpc) is 3.50. The van der Waals surface area contributed by atoms with E-state index in [4.69, 9.17) is 15.0 Å². The van der Waals surface area contributed by atoms with Crippen molar-refractivity contribution in [2.45, 2.75) is 12.4 Å². The van der Waals surface area contributed by atoms with Crippen LogP contribution in [-0.4, -0.2) is 19.5 Å². The van der Waals surface area contributed by atoms with E-state index in [2.05, 4.69) is 6.07 Å². The van der Waals surface area contributed by atoms with Crippen LogP contribution in [0.3, 0.4) is 0 Å². The quantitative estimate of drug-likeness (QED) is 0.167. The minimum atomic E-state index is -5.06. The zero-order valence-corrected chi connectivity index (χ0v) is 27.3. The van der Waals surface area contributed by atoms with Crippen LogP contribution in [0.1, 0.15) is 16.7 Å². The van der Waals surface area contributed by atoms with E-state index in [1.165, 1.54) is 6.07 Å². The summed E-state index contributed by atoms with van der Waals surface area (Å²) < 4.78 is 86.6. The van der Waals surface area contributed by atoms with Gasteiger partial charge < -0.3 is 4.57 Å². The molecule has 0 N–H and O–H groups in total. The number of fused-ring (bicyclic) bond motifs is 3. The Kier molecular flexibility index (Phi) is 8.03. The molecule has 0 saturated heterocycles. The maximum absolute atomic E-state index is 14.1. The Morgan fingerprint density at radius 1 is 0.472 bits per heavy atom. The summed E-state index contributed by atoms with van der Waals surface area (Å²) in [5, 5.41) is 11.3. The number of hydrogen-bond acceptors (Lipinski definition) is 4. The number of rotatable bonds is 5. The van der Waals surface area contributed by atoms with Crippen LogP contribution >= 0.6 is 0 Å². The third-order valence-electron chi connectivity index (χ3n) is 8.90. The molecule has 5 nitrogen and oxygen atoms in total. The van der Waals surface area contributed by atoms with Gasteiger partial charge in [-0.1, -0.05) is 97.1 Å². The topological polar surface area (TPSA) is 67.4 Å². The molecule has 0 aliphatic carbocycles. The second-order valence-electron chi connectivity index (χ2n) is 12.3. The second kappa shape index (κ2) is 12.8. The molecular formula is C42H23F6N5. The third kappa shape index (κ3) is 6.25. The van der Waals surface area contributed by atoms with Gasteiger partial charge in [-0.25, -0.2) is 15.0 Å². The maximum Gasteiger partial charge on any atom is 0.416 e. The van der Waals surface area contributed by atoms with Crippen molar-refractivity contribution in [3.8, 4) is 57.0 Å². The Hall–Kier alpha value is -6.80. The average molecular weight is 712 g/mol. The van der Waals surface area contributed by atoms with Crippen molar-refractivity contribution in [2.75, 3.05) is 0 Å².